The van der Waals surface area contributed by atoms with Gasteiger partial charge in [0.05, 0.1) is 6.42 Å². The van der Waals surface area contributed by atoms with Gasteiger partial charge in [-0.3, -0.25) is 9.59 Å². The van der Waals surface area contributed by atoms with Crippen LogP contribution < -0.4 is 5.32 Å². The van der Waals surface area contributed by atoms with Crippen LogP contribution in [0.4, 0.5) is 5.69 Å². The Morgan fingerprint density at radius 2 is 1.80 bits per heavy atom. The first-order valence-electron chi connectivity index (χ1n) is 4.97. The number of anilines is 1. The van der Waals surface area contributed by atoms with E-state index in [4.69, 9.17) is 0 Å². The van der Waals surface area contributed by atoms with Crippen LogP contribution in [0.1, 0.15) is 20.3 Å². The van der Waals surface area contributed by atoms with Gasteiger partial charge in [-0.1, -0.05) is 32.0 Å². The Morgan fingerprint density at radius 1 is 1.20 bits per heavy atom. The van der Waals surface area contributed by atoms with E-state index in [9.17, 15) is 9.59 Å². The van der Waals surface area contributed by atoms with Crippen LogP contribution in [-0.2, 0) is 9.59 Å². The maximum Gasteiger partial charge on any atom is 0.231 e. The van der Waals surface area contributed by atoms with E-state index in [1.54, 1.807) is 26.0 Å². The predicted molar refractivity (Wildman–Crippen MR) is 59.5 cm³/mol. The Morgan fingerprint density at radius 3 is 2.33 bits per heavy atom. The molecule has 80 valence electrons. The lowest BCUT2D eigenvalue weighted by atomic mass is 10.1. The first kappa shape index (κ1) is 11.4. The lowest BCUT2D eigenvalue weighted by Gasteiger charge is -2.05. The van der Waals surface area contributed by atoms with Crippen LogP contribution in [0, 0.1) is 5.92 Å². The molecule has 1 N–H and O–H groups in total. The van der Waals surface area contributed by atoms with Crippen molar-refractivity contribution in [1.29, 1.82) is 0 Å². The highest BCUT2D eigenvalue weighted by molar-refractivity contribution is 6.04. The molecule has 3 heteroatoms. The standard InChI is InChI=1S/C12H15NO2/c1-9(2)11(14)8-12(15)13-10-6-4-3-5-7-10/h3-7,9H,8H2,1-2H3,(H,13,15). The average Bonchev–Trinajstić information content (AvgIpc) is 2.18. The summed E-state index contributed by atoms with van der Waals surface area (Å²) in [6, 6.07) is 9.12. The number of ketones is 1. The van der Waals surface area contributed by atoms with Gasteiger partial charge in [0.2, 0.25) is 5.91 Å². The first-order chi connectivity index (χ1) is 7.09. The molecule has 0 bridgehead atoms. The van der Waals surface area contributed by atoms with Crippen molar-refractivity contribution in [3.05, 3.63) is 30.3 Å². The number of Topliss-reactive ketones (excluding diaryl/α,β-unsaturated/α-hetero) is 1. The minimum Gasteiger partial charge on any atom is -0.326 e. The van der Waals surface area contributed by atoms with Crippen LogP contribution >= 0.6 is 0 Å². The summed E-state index contributed by atoms with van der Waals surface area (Å²) < 4.78 is 0. The number of nitrogens with one attached hydrogen (secondary N) is 1. The number of carbonyl (C=O) groups is 2. The Bertz CT molecular complexity index is 344. The van der Waals surface area contributed by atoms with Gasteiger partial charge < -0.3 is 5.32 Å². The second-order valence-corrected chi connectivity index (χ2v) is 3.71. The summed E-state index contributed by atoms with van der Waals surface area (Å²) in [6.07, 6.45) is -0.0490. The molecule has 1 rings (SSSR count). The summed E-state index contributed by atoms with van der Waals surface area (Å²) in [5, 5.41) is 2.67. The van der Waals surface area contributed by atoms with Crippen LogP contribution in [-0.4, -0.2) is 11.7 Å². The molecule has 1 aromatic rings. The molecule has 0 radical (unpaired) electrons. The normalized spacial score (nSPS) is 10.1. The van der Waals surface area contributed by atoms with Gasteiger partial charge in [0, 0.05) is 11.6 Å². The Labute approximate surface area is 89.5 Å². The lowest BCUT2D eigenvalue weighted by Crippen LogP contribution is -2.19. The highest BCUT2D eigenvalue weighted by atomic mass is 16.2. The summed E-state index contributed by atoms with van der Waals surface area (Å²) >= 11 is 0. The molecule has 0 saturated carbocycles. The van der Waals surface area contributed by atoms with E-state index < -0.39 is 0 Å². The van der Waals surface area contributed by atoms with E-state index in [1.807, 2.05) is 18.2 Å². The van der Waals surface area contributed by atoms with Crippen molar-refractivity contribution >= 4 is 17.4 Å². The zero-order valence-electron chi connectivity index (χ0n) is 8.99. The highest BCUT2D eigenvalue weighted by Gasteiger charge is 2.12. The van der Waals surface area contributed by atoms with E-state index in [0.717, 1.165) is 5.69 Å². The molecule has 1 amide bonds. The number of para-hydroxylation sites is 1. The van der Waals surface area contributed by atoms with E-state index >= 15 is 0 Å². The molecular formula is C12H15NO2. The topological polar surface area (TPSA) is 46.2 Å². The minimum absolute atomic E-state index is 0.0385. The van der Waals surface area contributed by atoms with Gasteiger partial charge in [0.25, 0.3) is 0 Å². The van der Waals surface area contributed by atoms with E-state index in [0.29, 0.717) is 0 Å². The first-order valence-corrected chi connectivity index (χ1v) is 4.97. The van der Waals surface area contributed by atoms with Gasteiger partial charge >= 0.3 is 0 Å². The second-order valence-electron chi connectivity index (χ2n) is 3.71. The van der Waals surface area contributed by atoms with Gasteiger partial charge in [0.15, 0.2) is 0 Å². The Hall–Kier alpha value is -1.64. The maximum atomic E-state index is 11.4. The third kappa shape index (κ3) is 3.94. The molecule has 15 heavy (non-hydrogen) atoms. The fourth-order valence-corrected chi connectivity index (χ4v) is 1.09. The summed E-state index contributed by atoms with van der Waals surface area (Å²) in [5.41, 5.74) is 0.721. The third-order valence-electron chi connectivity index (χ3n) is 2.04. The largest absolute Gasteiger partial charge is 0.326 e. The van der Waals surface area contributed by atoms with Crippen molar-refractivity contribution in [3.8, 4) is 0 Å². The van der Waals surface area contributed by atoms with Crippen LogP contribution in [0.2, 0.25) is 0 Å². The van der Waals surface area contributed by atoms with Crippen LogP contribution in [0.25, 0.3) is 0 Å². The average molecular weight is 205 g/mol. The van der Waals surface area contributed by atoms with Crippen molar-refractivity contribution < 1.29 is 9.59 Å². The Kier molecular flexibility index (Phi) is 4.03. The molecule has 0 aliphatic heterocycles. The van der Waals surface area contributed by atoms with Crippen molar-refractivity contribution in [1.82, 2.24) is 0 Å². The number of carbonyl (C=O) groups excluding carboxylic acids is 2. The number of amides is 1. The monoisotopic (exact) mass is 205 g/mol. The maximum absolute atomic E-state index is 11.4. The fraction of sp³-hybridized carbons (Fsp3) is 0.333. The quantitative estimate of drug-likeness (QED) is 0.766. The minimum atomic E-state index is -0.250. The summed E-state index contributed by atoms with van der Waals surface area (Å²) in [4.78, 5) is 22.7. The highest BCUT2D eigenvalue weighted by Crippen LogP contribution is 2.06. The molecule has 0 aliphatic carbocycles. The smallest absolute Gasteiger partial charge is 0.231 e. The molecule has 1 aromatic carbocycles. The molecule has 0 saturated heterocycles. The molecule has 0 fully saturated rings. The molecule has 0 atom stereocenters. The second kappa shape index (κ2) is 5.29. The summed E-state index contributed by atoms with van der Waals surface area (Å²) in [5.74, 6) is -0.380. The molecule has 0 spiro atoms. The number of rotatable bonds is 4. The van der Waals surface area contributed by atoms with Gasteiger partial charge in [-0.25, -0.2) is 0 Å². The lowest BCUT2D eigenvalue weighted by molar-refractivity contribution is -0.127. The van der Waals surface area contributed by atoms with Crippen LogP contribution in [0.3, 0.4) is 0 Å². The van der Waals surface area contributed by atoms with Crippen molar-refractivity contribution in [2.45, 2.75) is 20.3 Å². The van der Waals surface area contributed by atoms with Gasteiger partial charge in [-0.2, -0.15) is 0 Å². The molecule has 0 aromatic heterocycles. The number of hydrogen-bond acceptors (Lipinski definition) is 2. The molecule has 0 heterocycles. The number of benzene rings is 1. The van der Waals surface area contributed by atoms with Gasteiger partial charge in [-0.05, 0) is 12.1 Å². The summed E-state index contributed by atoms with van der Waals surface area (Å²) in [7, 11) is 0. The van der Waals surface area contributed by atoms with Crippen molar-refractivity contribution in [2.75, 3.05) is 5.32 Å². The van der Waals surface area contributed by atoms with E-state index in [1.165, 1.54) is 0 Å². The molecule has 0 aliphatic rings. The van der Waals surface area contributed by atoms with E-state index in [2.05, 4.69) is 5.32 Å². The SMILES string of the molecule is CC(C)C(=O)CC(=O)Nc1ccccc1. The fourth-order valence-electron chi connectivity index (χ4n) is 1.09. The van der Waals surface area contributed by atoms with Crippen LogP contribution in [0.15, 0.2) is 30.3 Å². The predicted octanol–water partition coefficient (Wildman–Crippen LogP) is 2.24. The van der Waals surface area contributed by atoms with Crippen molar-refractivity contribution in [3.63, 3.8) is 0 Å². The third-order valence-corrected chi connectivity index (χ3v) is 2.04. The molecular weight excluding hydrogens is 190 g/mol. The Balaban J connectivity index is 2.47. The van der Waals surface area contributed by atoms with Crippen LogP contribution in [0.5, 0.6) is 0 Å². The zero-order chi connectivity index (χ0) is 11.3. The van der Waals surface area contributed by atoms with Gasteiger partial charge in [0.1, 0.15) is 5.78 Å². The summed E-state index contributed by atoms with van der Waals surface area (Å²) in [6.45, 7) is 3.58. The van der Waals surface area contributed by atoms with E-state index in [-0.39, 0.29) is 24.0 Å². The molecule has 0 unspecified atom stereocenters. The number of hydrogen-bond donors (Lipinski definition) is 1. The van der Waals surface area contributed by atoms with Gasteiger partial charge in [-0.15, -0.1) is 0 Å². The molecule has 3 nitrogen and oxygen atoms in total. The zero-order valence-corrected chi connectivity index (χ0v) is 8.99. The van der Waals surface area contributed by atoms with Crippen molar-refractivity contribution in [2.24, 2.45) is 5.92 Å².